The smallest absolute Gasteiger partial charge is 0.188 e. The number of aromatic nitrogens is 3. The van der Waals surface area contributed by atoms with Gasteiger partial charge in [0.25, 0.3) is 0 Å². The van der Waals surface area contributed by atoms with Gasteiger partial charge in [0.05, 0.1) is 5.51 Å². The highest BCUT2D eigenvalue weighted by Gasteiger charge is 2.10. The van der Waals surface area contributed by atoms with E-state index in [-0.39, 0.29) is 5.78 Å². The zero-order chi connectivity index (χ0) is 9.97. The van der Waals surface area contributed by atoms with Crippen molar-refractivity contribution in [3.8, 4) is 0 Å². The second-order valence-corrected chi connectivity index (χ2v) is 3.91. The molecular formula is C9H9N3OS. The molecule has 0 spiro atoms. The molecule has 0 fully saturated rings. The molecular weight excluding hydrogens is 198 g/mol. The summed E-state index contributed by atoms with van der Waals surface area (Å²) in [6.07, 6.45) is 3.87. The monoisotopic (exact) mass is 207 g/mol. The molecule has 0 aliphatic rings. The Morgan fingerprint density at radius 3 is 3.07 bits per heavy atom. The summed E-state index contributed by atoms with van der Waals surface area (Å²) in [6, 6.07) is 1.73. The van der Waals surface area contributed by atoms with Crippen LogP contribution in [-0.2, 0) is 13.5 Å². The molecule has 0 bridgehead atoms. The maximum absolute atomic E-state index is 11.6. The van der Waals surface area contributed by atoms with Gasteiger partial charge in [-0.1, -0.05) is 0 Å². The van der Waals surface area contributed by atoms with E-state index < -0.39 is 0 Å². The number of thiazole rings is 1. The van der Waals surface area contributed by atoms with Crippen LogP contribution in [0.2, 0.25) is 0 Å². The van der Waals surface area contributed by atoms with Crippen molar-refractivity contribution in [2.24, 2.45) is 7.05 Å². The number of Topliss-reactive ketones (excluding diaryl/α,β-unsaturated/α-hetero) is 1. The fraction of sp³-hybridized carbons (Fsp3) is 0.222. The second kappa shape index (κ2) is 3.71. The minimum atomic E-state index is 0.0369. The summed E-state index contributed by atoms with van der Waals surface area (Å²) in [5, 5.41) is 4.04. The van der Waals surface area contributed by atoms with Gasteiger partial charge in [-0.2, -0.15) is 5.10 Å². The van der Waals surface area contributed by atoms with E-state index in [1.807, 2.05) is 0 Å². The van der Waals surface area contributed by atoms with E-state index in [0.29, 0.717) is 12.1 Å². The average molecular weight is 207 g/mol. The van der Waals surface area contributed by atoms with Gasteiger partial charge < -0.3 is 0 Å². The summed E-state index contributed by atoms with van der Waals surface area (Å²) in [5.41, 5.74) is 2.24. The largest absolute Gasteiger partial charge is 0.292 e. The van der Waals surface area contributed by atoms with Crippen LogP contribution in [0.3, 0.4) is 0 Å². The van der Waals surface area contributed by atoms with Gasteiger partial charge in [-0.25, -0.2) is 0 Å². The second-order valence-electron chi connectivity index (χ2n) is 2.94. The van der Waals surface area contributed by atoms with Gasteiger partial charge in [0.15, 0.2) is 5.78 Å². The maximum Gasteiger partial charge on any atom is 0.188 e. The molecule has 4 nitrogen and oxygen atoms in total. The molecule has 0 aromatic carbocycles. The van der Waals surface area contributed by atoms with Gasteiger partial charge in [0, 0.05) is 30.7 Å². The van der Waals surface area contributed by atoms with E-state index >= 15 is 0 Å². The third-order valence-electron chi connectivity index (χ3n) is 1.82. The topological polar surface area (TPSA) is 47.8 Å². The molecule has 2 aromatic heterocycles. The molecule has 0 aliphatic heterocycles. The highest BCUT2D eigenvalue weighted by Crippen LogP contribution is 2.09. The van der Waals surface area contributed by atoms with Crippen LogP contribution in [0.1, 0.15) is 15.4 Å². The molecule has 0 saturated carbocycles. The number of hydrogen-bond donors (Lipinski definition) is 0. The Balaban J connectivity index is 2.10. The molecule has 0 radical (unpaired) electrons. The van der Waals surface area contributed by atoms with Gasteiger partial charge in [0.2, 0.25) is 0 Å². The van der Waals surface area contributed by atoms with Gasteiger partial charge in [0.1, 0.15) is 5.69 Å². The summed E-state index contributed by atoms with van der Waals surface area (Å²) < 4.78 is 1.62. The van der Waals surface area contributed by atoms with E-state index in [4.69, 9.17) is 0 Å². The number of aryl methyl sites for hydroxylation is 1. The first-order valence-electron chi connectivity index (χ1n) is 4.16. The number of ketones is 1. The van der Waals surface area contributed by atoms with Crippen molar-refractivity contribution in [3.63, 3.8) is 0 Å². The lowest BCUT2D eigenvalue weighted by Crippen LogP contribution is -2.04. The van der Waals surface area contributed by atoms with Crippen molar-refractivity contribution in [1.82, 2.24) is 14.8 Å². The SMILES string of the molecule is Cn1ccc(C(=O)Cc2cncs2)n1. The van der Waals surface area contributed by atoms with Crippen LogP contribution in [0.5, 0.6) is 0 Å². The first-order chi connectivity index (χ1) is 6.75. The number of hydrogen-bond acceptors (Lipinski definition) is 4. The lowest BCUT2D eigenvalue weighted by Gasteiger charge is -1.92. The zero-order valence-electron chi connectivity index (χ0n) is 7.67. The third kappa shape index (κ3) is 1.88. The summed E-state index contributed by atoms with van der Waals surface area (Å²) in [7, 11) is 1.80. The molecule has 0 unspecified atom stereocenters. The Kier molecular flexibility index (Phi) is 2.41. The summed E-state index contributed by atoms with van der Waals surface area (Å²) in [5.74, 6) is 0.0369. The first kappa shape index (κ1) is 9.08. The summed E-state index contributed by atoms with van der Waals surface area (Å²) in [4.78, 5) is 16.5. The Morgan fingerprint density at radius 2 is 2.50 bits per heavy atom. The third-order valence-corrected chi connectivity index (χ3v) is 2.60. The Morgan fingerprint density at radius 1 is 1.64 bits per heavy atom. The molecule has 2 heterocycles. The van der Waals surface area contributed by atoms with Crippen molar-refractivity contribution in [2.45, 2.75) is 6.42 Å². The minimum absolute atomic E-state index is 0.0369. The molecule has 2 aromatic rings. The van der Waals surface area contributed by atoms with E-state index in [0.717, 1.165) is 4.88 Å². The number of carbonyl (C=O) groups is 1. The van der Waals surface area contributed by atoms with Crippen LogP contribution < -0.4 is 0 Å². The fourth-order valence-corrected chi connectivity index (χ4v) is 1.74. The normalized spacial score (nSPS) is 10.4. The van der Waals surface area contributed by atoms with E-state index in [2.05, 4.69) is 10.1 Å². The molecule has 0 aliphatic carbocycles. The highest BCUT2D eigenvalue weighted by molar-refractivity contribution is 7.09. The van der Waals surface area contributed by atoms with Crippen molar-refractivity contribution >= 4 is 17.1 Å². The quantitative estimate of drug-likeness (QED) is 0.713. The molecule has 0 atom stereocenters. The average Bonchev–Trinajstić information content (AvgIpc) is 2.75. The van der Waals surface area contributed by atoms with E-state index in [1.165, 1.54) is 11.3 Å². The van der Waals surface area contributed by atoms with Gasteiger partial charge in [-0.15, -0.1) is 11.3 Å². The van der Waals surface area contributed by atoms with E-state index in [9.17, 15) is 4.79 Å². The summed E-state index contributed by atoms with van der Waals surface area (Å²) in [6.45, 7) is 0. The van der Waals surface area contributed by atoms with Gasteiger partial charge in [-0.05, 0) is 6.07 Å². The molecule has 0 saturated heterocycles. The first-order valence-corrected chi connectivity index (χ1v) is 5.04. The molecule has 0 N–H and O–H groups in total. The Bertz CT molecular complexity index is 433. The Hall–Kier alpha value is -1.49. The fourth-order valence-electron chi connectivity index (χ4n) is 1.14. The van der Waals surface area contributed by atoms with Crippen molar-refractivity contribution in [3.05, 3.63) is 34.5 Å². The van der Waals surface area contributed by atoms with Crippen molar-refractivity contribution < 1.29 is 4.79 Å². The van der Waals surface area contributed by atoms with Crippen LogP contribution in [-0.4, -0.2) is 20.5 Å². The standard InChI is InChI=1S/C9H9N3OS/c1-12-3-2-8(11-12)9(13)4-7-5-10-6-14-7/h2-3,5-6H,4H2,1H3. The lowest BCUT2D eigenvalue weighted by atomic mass is 10.2. The zero-order valence-corrected chi connectivity index (χ0v) is 8.49. The molecule has 14 heavy (non-hydrogen) atoms. The molecule has 5 heteroatoms. The minimum Gasteiger partial charge on any atom is -0.292 e. The predicted molar refractivity (Wildman–Crippen MR) is 53.4 cm³/mol. The van der Waals surface area contributed by atoms with Crippen LogP contribution in [0.4, 0.5) is 0 Å². The molecule has 2 rings (SSSR count). The van der Waals surface area contributed by atoms with Crippen molar-refractivity contribution in [2.75, 3.05) is 0 Å². The van der Waals surface area contributed by atoms with Gasteiger partial charge >= 0.3 is 0 Å². The molecule has 0 amide bonds. The maximum atomic E-state index is 11.6. The van der Waals surface area contributed by atoms with Crippen LogP contribution >= 0.6 is 11.3 Å². The van der Waals surface area contributed by atoms with E-state index in [1.54, 1.807) is 35.7 Å². The number of nitrogens with zero attached hydrogens (tertiary/aromatic N) is 3. The predicted octanol–water partition coefficient (Wildman–Crippen LogP) is 1.30. The van der Waals surface area contributed by atoms with Crippen LogP contribution in [0.15, 0.2) is 24.0 Å². The van der Waals surface area contributed by atoms with Crippen LogP contribution in [0.25, 0.3) is 0 Å². The molecule has 72 valence electrons. The Labute approximate surface area is 85.2 Å². The van der Waals surface area contributed by atoms with Gasteiger partial charge in [-0.3, -0.25) is 14.5 Å². The summed E-state index contributed by atoms with van der Waals surface area (Å²) >= 11 is 1.49. The highest BCUT2D eigenvalue weighted by atomic mass is 32.1. The number of rotatable bonds is 3. The lowest BCUT2D eigenvalue weighted by molar-refractivity contribution is 0.0988. The van der Waals surface area contributed by atoms with Crippen molar-refractivity contribution in [1.29, 1.82) is 0 Å². The number of carbonyl (C=O) groups excluding carboxylic acids is 1. The van der Waals surface area contributed by atoms with Crippen LogP contribution in [0, 0.1) is 0 Å².